The van der Waals surface area contributed by atoms with Crippen molar-refractivity contribution in [3.05, 3.63) is 45.4 Å². The van der Waals surface area contributed by atoms with Crippen molar-refractivity contribution in [1.82, 2.24) is 15.2 Å². The van der Waals surface area contributed by atoms with E-state index in [1.807, 2.05) is 4.90 Å². The topological polar surface area (TPSA) is 72.9 Å². The van der Waals surface area contributed by atoms with Gasteiger partial charge in [0.1, 0.15) is 10.6 Å². The second-order valence-corrected chi connectivity index (χ2v) is 8.76. The third-order valence-electron chi connectivity index (χ3n) is 4.95. The maximum Gasteiger partial charge on any atom is 0.573 e. The molecule has 1 N–H and O–H groups in total. The van der Waals surface area contributed by atoms with Crippen molar-refractivity contribution < 1.29 is 45.3 Å². The Morgan fingerprint density at radius 2 is 1.72 bits per heavy atom. The van der Waals surface area contributed by atoms with Gasteiger partial charge in [0.05, 0.1) is 24.3 Å². The molecule has 7 nitrogen and oxygen atoms in total. The van der Waals surface area contributed by atoms with Crippen LogP contribution in [0.25, 0.3) is 0 Å². The quantitative estimate of drug-likeness (QED) is 0.370. The number of ether oxygens (including phenoxy) is 3. The smallest absolute Gasteiger partial charge is 0.406 e. The number of halogens is 6. The van der Waals surface area contributed by atoms with Gasteiger partial charge in [-0.3, -0.25) is 9.69 Å². The molecule has 36 heavy (non-hydrogen) atoms. The first kappa shape index (κ1) is 29.8. The van der Waals surface area contributed by atoms with Crippen LogP contribution in [-0.2, 0) is 22.1 Å². The number of thiazole rings is 1. The number of hydrogen-bond acceptors (Lipinski definition) is 7. The SMILES string of the molecule is COCCN(CCOC)CCc1nc(C(F)(F)F)c(C(=O)NC(C)c2cccc(OC(F)(F)F)c2)s1. The Bertz CT molecular complexity index is 975. The number of nitrogens with one attached hydrogen (secondary N) is 1. The lowest BCUT2D eigenvalue weighted by atomic mass is 10.1. The molecule has 0 radical (unpaired) electrons. The summed E-state index contributed by atoms with van der Waals surface area (Å²) >= 11 is 0.627. The molecule has 1 amide bonds. The zero-order valence-corrected chi connectivity index (χ0v) is 20.6. The van der Waals surface area contributed by atoms with E-state index < -0.39 is 40.8 Å². The van der Waals surface area contributed by atoms with Gasteiger partial charge in [0, 0.05) is 40.3 Å². The molecule has 1 aromatic heterocycles. The van der Waals surface area contributed by atoms with Crippen molar-refractivity contribution >= 4 is 17.2 Å². The number of alkyl halides is 6. The van der Waals surface area contributed by atoms with E-state index in [1.54, 1.807) is 0 Å². The average molecular weight is 544 g/mol. The Balaban J connectivity index is 2.17. The van der Waals surface area contributed by atoms with Crippen LogP contribution in [0.5, 0.6) is 5.75 Å². The maximum absolute atomic E-state index is 13.6. The first-order chi connectivity index (χ1) is 16.8. The largest absolute Gasteiger partial charge is 0.573 e. The summed E-state index contributed by atoms with van der Waals surface area (Å²) in [6.45, 7) is 3.75. The average Bonchev–Trinajstić information content (AvgIpc) is 3.23. The summed E-state index contributed by atoms with van der Waals surface area (Å²) in [6, 6.07) is 3.93. The van der Waals surface area contributed by atoms with Gasteiger partial charge in [0.2, 0.25) is 0 Å². The lowest BCUT2D eigenvalue weighted by Crippen LogP contribution is -2.32. The predicted molar refractivity (Wildman–Crippen MR) is 120 cm³/mol. The van der Waals surface area contributed by atoms with Crippen LogP contribution in [0.4, 0.5) is 26.3 Å². The number of benzene rings is 1. The maximum atomic E-state index is 13.6. The second-order valence-electron chi connectivity index (χ2n) is 7.68. The molecule has 0 saturated heterocycles. The Morgan fingerprint density at radius 1 is 1.08 bits per heavy atom. The first-order valence-electron chi connectivity index (χ1n) is 10.8. The van der Waals surface area contributed by atoms with E-state index in [-0.39, 0.29) is 17.0 Å². The third-order valence-corrected chi connectivity index (χ3v) is 6.06. The molecule has 1 atom stereocenters. The molecule has 0 saturated carbocycles. The summed E-state index contributed by atoms with van der Waals surface area (Å²) < 4.78 is 92.3. The predicted octanol–water partition coefficient (Wildman–Crippen LogP) is 4.69. The molecule has 202 valence electrons. The van der Waals surface area contributed by atoms with Crippen molar-refractivity contribution in [2.24, 2.45) is 0 Å². The minimum absolute atomic E-state index is 0.125. The summed E-state index contributed by atoms with van der Waals surface area (Å²) in [6.07, 6.45) is -9.60. The molecule has 14 heteroatoms. The van der Waals surface area contributed by atoms with Gasteiger partial charge >= 0.3 is 12.5 Å². The molecular formula is C22H27F6N3O4S. The number of carbonyl (C=O) groups is 1. The van der Waals surface area contributed by atoms with Gasteiger partial charge in [-0.1, -0.05) is 12.1 Å². The lowest BCUT2D eigenvalue weighted by molar-refractivity contribution is -0.274. The van der Waals surface area contributed by atoms with Crippen LogP contribution in [0, 0.1) is 0 Å². The number of aromatic nitrogens is 1. The van der Waals surface area contributed by atoms with E-state index in [2.05, 4.69) is 15.0 Å². The summed E-state index contributed by atoms with van der Waals surface area (Å²) in [7, 11) is 3.08. The molecule has 0 bridgehead atoms. The molecule has 0 spiro atoms. The highest BCUT2D eigenvalue weighted by molar-refractivity contribution is 7.13. The molecule has 0 aliphatic rings. The molecule has 1 aromatic carbocycles. The molecule has 1 unspecified atom stereocenters. The molecule has 1 heterocycles. The van der Waals surface area contributed by atoms with Gasteiger partial charge in [0.15, 0.2) is 5.69 Å². The molecule has 2 aromatic rings. The fourth-order valence-electron chi connectivity index (χ4n) is 3.17. The van der Waals surface area contributed by atoms with Crippen LogP contribution in [0.3, 0.4) is 0 Å². The zero-order chi connectivity index (χ0) is 26.9. The van der Waals surface area contributed by atoms with Crippen LogP contribution in [0.1, 0.15) is 38.9 Å². The van der Waals surface area contributed by atoms with Crippen molar-refractivity contribution in [2.75, 3.05) is 47.1 Å². The summed E-state index contributed by atoms with van der Waals surface area (Å²) in [4.78, 5) is 17.7. The van der Waals surface area contributed by atoms with E-state index in [1.165, 1.54) is 33.3 Å². The Labute approximate surface area is 208 Å². The van der Waals surface area contributed by atoms with Crippen LogP contribution < -0.4 is 10.1 Å². The standard InChI is InChI=1S/C22H27F6N3O4S/c1-14(15-5-4-6-16(13-15)35-22(26,27)28)29-20(32)18-19(21(23,24)25)30-17(36-18)7-8-31(9-11-33-2)10-12-34-3/h4-6,13-14H,7-12H2,1-3H3,(H,29,32). The Kier molecular flexibility index (Phi) is 10.9. The number of nitrogens with zero attached hydrogens (tertiary/aromatic N) is 2. The third kappa shape index (κ3) is 9.56. The van der Waals surface area contributed by atoms with Gasteiger partial charge in [-0.2, -0.15) is 13.2 Å². The van der Waals surface area contributed by atoms with Crippen LogP contribution >= 0.6 is 11.3 Å². The zero-order valence-electron chi connectivity index (χ0n) is 19.8. The first-order valence-corrected chi connectivity index (χ1v) is 11.6. The van der Waals surface area contributed by atoms with Gasteiger partial charge in [0.25, 0.3) is 5.91 Å². The van der Waals surface area contributed by atoms with E-state index >= 15 is 0 Å². The van der Waals surface area contributed by atoms with Gasteiger partial charge in [-0.05, 0) is 24.6 Å². The normalized spacial score (nSPS) is 13.2. The van der Waals surface area contributed by atoms with E-state index in [0.717, 1.165) is 12.1 Å². The van der Waals surface area contributed by atoms with Gasteiger partial charge in [-0.25, -0.2) is 4.98 Å². The molecule has 2 rings (SSSR count). The summed E-state index contributed by atoms with van der Waals surface area (Å²) in [5.41, 5.74) is -1.09. The number of amides is 1. The van der Waals surface area contributed by atoms with Gasteiger partial charge in [-0.15, -0.1) is 24.5 Å². The van der Waals surface area contributed by atoms with Crippen molar-refractivity contribution in [3.8, 4) is 5.75 Å². The number of rotatable bonds is 13. The molecule has 0 fully saturated rings. The van der Waals surface area contributed by atoms with E-state index in [9.17, 15) is 31.1 Å². The van der Waals surface area contributed by atoms with E-state index in [0.29, 0.717) is 44.2 Å². The molecule has 0 aliphatic carbocycles. The van der Waals surface area contributed by atoms with Crippen molar-refractivity contribution in [1.29, 1.82) is 0 Å². The lowest BCUT2D eigenvalue weighted by Gasteiger charge is -2.20. The van der Waals surface area contributed by atoms with Gasteiger partial charge < -0.3 is 19.5 Å². The minimum Gasteiger partial charge on any atom is -0.406 e. The van der Waals surface area contributed by atoms with Crippen LogP contribution in [-0.4, -0.2) is 69.2 Å². The number of methoxy groups -OCH3 is 2. The fraction of sp³-hybridized carbons (Fsp3) is 0.545. The Morgan fingerprint density at radius 3 is 2.28 bits per heavy atom. The summed E-state index contributed by atoms with van der Waals surface area (Å²) in [5, 5.41) is 2.53. The number of hydrogen-bond donors (Lipinski definition) is 1. The van der Waals surface area contributed by atoms with Crippen molar-refractivity contribution in [2.45, 2.75) is 31.9 Å². The van der Waals surface area contributed by atoms with Crippen LogP contribution in [0.2, 0.25) is 0 Å². The number of carbonyl (C=O) groups excluding carboxylic acids is 1. The summed E-state index contributed by atoms with van der Waals surface area (Å²) in [5.74, 6) is -1.54. The fourth-order valence-corrected chi connectivity index (χ4v) is 4.15. The second kappa shape index (κ2) is 13.2. The molecule has 0 aliphatic heterocycles. The highest BCUT2D eigenvalue weighted by atomic mass is 32.1. The monoisotopic (exact) mass is 543 g/mol. The van der Waals surface area contributed by atoms with Crippen LogP contribution in [0.15, 0.2) is 24.3 Å². The van der Waals surface area contributed by atoms with E-state index in [4.69, 9.17) is 9.47 Å². The van der Waals surface area contributed by atoms with Crippen molar-refractivity contribution in [3.63, 3.8) is 0 Å². The molecular weight excluding hydrogens is 516 g/mol. The Hall–Kier alpha value is -2.42. The highest BCUT2D eigenvalue weighted by Crippen LogP contribution is 2.35. The highest BCUT2D eigenvalue weighted by Gasteiger charge is 2.40. The minimum atomic E-state index is -4.91.